The summed E-state index contributed by atoms with van der Waals surface area (Å²) in [6, 6.07) is 10.00. The van der Waals surface area contributed by atoms with Crippen molar-refractivity contribution in [3.8, 4) is 0 Å². The largest absolute Gasteiger partial charge is 0.399 e. The second-order valence-corrected chi connectivity index (χ2v) is 4.13. The van der Waals surface area contributed by atoms with E-state index in [2.05, 4.69) is 31.4 Å². The van der Waals surface area contributed by atoms with Gasteiger partial charge in [-0.05, 0) is 52.3 Å². The van der Waals surface area contributed by atoms with Crippen LogP contribution in [0.1, 0.15) is 10.4 Å². The number of hydrogen-bond donors (Lipinski definition) is 2. The zero-order chi connectivity index (χ0) is 12.3. The number of carbonyl (C=O) groups excluding carboxylic acids is 1. The zero-order valence-electron chi connectivity index (χ0n) is 8.72. The maximum Gasteiger partial charge on any atom is 0.256 e. The zero-order valence-corrected chi connectivity index (χ0v) is 10.3. The molecule has 0 saturated carbocycles. The summed E-state index contributed by atoms with van der Waals surface area (Å²) in [6.07, 6.45) is 0. The number of nitrogens with one attached hydrogen (secondary N) is 1. The number of aromatic nitrogens is 2. The van der Waals surface area contributed by atoms with E-state index in [0.29, 0.717) is 21.7 Å². The van der Waals surface area contributed by atoms with Crippen molar-refractivity contribution in [2.45, 2.75) is 0 Å². The predicted octanol–water partition coefficient (Wildman–Crippen LogP) is 2.07. The number of nitrogens with zero attached hydrogens (tertiary/aromatic N) is 2. The van der Waals surface area contributed by atoms with Crippen molar-refractivity contribution < 1.29 is 4.79 Å². The van der Waals surface area contributed by atoms with Crippen LogP contribution < -0.4 is 11.1 Å². The highest BCUT2D eigenvalue weighted by atomic mass is 79.9. The van der Waals surface area contributed by atoms with E-state index in [1.165, 1.54) is 0 Å². The van der Waals surface area contributed by atoms with Crippen molar-refractivity contribution in [1.29, 1.82) is 0 Å². The topological polar surface area (TPSA) is 80.9 Å². The van der Waals surface area contributed by atoms with Crippen molar-refractivity contribution in [3.63, 3.8) is 0 Å². The summed E-state index contributed by atoms with van der Waals surface area (Å²) in [5.41, 5.74) is 6.67. The number of rotatable bonds is 2. The minimum absolute atomic E-state index is 0.248. The summed E-state index contributed by atoms with van der Waals surface area (Å²) in [4.78, 5) is 11.8. The first-order valence-electron chi connectivity index (χ1n) is 4.81. The van der Waals surface area contributed by atoms with E-state index in [0.717, 1.165) is 0 Å². The minimum atomic E-state index is -0.248. The molecule has 0 bridgehead atoms. The van der Waals surface area contributed by atoms with Crippen molar-refractivity contribution in [2.24, 2.45) is 0 Å². The molecule has 2 aromatic rings. The number of hydrogen-bond acceptors (Lipinski definition) is 4. The van der Waals surface area contributed by atoms with Gasteiger partial charge in [0.1, 0.15) is 4.60 Å². The second-order valence-electron chi connectivity index (χ2n) is 3.32. The lowest BCUT2D eigenvalue weighted by atomic mass is 10.2. The molecule has 2 rings (SSSR count). The van der Waals surface area contributed by atoms with Crippen LogP contribution >= 0.6 is 15.9 Å². The van der Waals surface area contributed by atoms with Gasteiger partial charge in [-0.25, -0.2) is 0 Å². The Morgan fingerprint density at radius 1 is 1.12 bits per heavy atom. The molecule has 0 aliphatic heterocycles. The molecule has 1 aromatic carbocycles. The minimum Gasteiger partial charge on any atom is -0.399 e. The van der Waals surface area contributed by atoms with Crippen LogP contribution in [0.15, 0.2) is 41.0 Å². The van der Waals surface area contributed by atoms with E-state index in [-0.39, 0.29) is 5.91 Å². The number of anilines is 2. The SMILES string of the molecule is Nc1ccc(C(=O)Nc2ccc(Br)nn2)cc1. The van der Waals surface area contributed by atoms with Gasteiger partial charge in [0.05, 0.1) is 0 Å². The molecule has 0 fully saturated rings. The van der Waals surface area contributed by atoms with E-state index in [1.54, 1.807) is 36.4 Å². The summed E-state index contributed by atoms with van der Waals surface area (Å²) >= 11 is 3.16. The number of halogens is 1. The number of nitrogens with two attached hydrogens (primary N) is 1. The Labute approximate surface area is 106 Å². The van der Waals surface area contributed by atoms with Gasteiger partial charge in [0.15, 0.2) is 5.82 Å². The fraction of sp³-hybridized carbons (Fsp3) is 0. The maximum atomic E-state index is 11.8. The molecule has 1 amide bonds. The van der Waals surface area contributed by atoms with E-state index >= 15 is 0 Å². The van der Waals surface area contributed by atoms with E-state index < -0.39 is 0 Å². The van der Waals surface area contributed by atoms with Crippen molar-refractivity contribution in [1.82, 2.24) is 10.2 Å². The number of amides is 1. The van der Waals surface area contributed by atoms with Gasteiger partial charge in [-0.3, -0.25) is 4.79 Å². The average Bonchev–Trinajstić information content (AvgIpc) is 2.33. The molecular formula is C11H9BrN4O. The molecule has 0 aliphatic carbocycles. The number of carbonyl (C=O) groups is 1. The van der Waals surface area contributed by atoms with Gasteiger partial charge in [-0.2, -0.15) is 0 Å². The third-order valence-corrected chi connectivity index (χ3v) is 2.47. The third kappa shape index (κ3) is 3.01. The molecule has 0 spiro atoms. The standard InChI is InChI=1S/C11H9BrN4O/c12-9-5-6-10(16-15-9)14-11(17)7-1-3-8(13)4-2-7/h1-6H,13H2,(H,14,16,17). The fourth-order valence-corrected chi connectivity index (χ4v) is 1.42. The van der Waals surface area contributed by atoms with Gasteiger partial charge in [0.25, 0.3) is 5.91 Å². The van der Waals surface area contributed by atoms with Crippen LogP contribution in [0.4, 0.5) is 11.5 Å². The molecule has 6 heteroatoms. The normalized spacial score (nSPS) is 9.94. The van der Waals surface area contributed by atoms with Gasteiger partial charge in [-0.1, -0.05) is 0 Å². The van der Waals surface area contributed by atoms with Crippen LogP contribution in [0, 0.1) is 0 Å². The lowest BCUT2D eigenvalue weighted by molar-refractivity contribution is 0.102. The molecule has 86 valence electrons. The maximum absolute atomic E-state index is 11.8. The van der Waals surface area contributed by atoms with Crippen LogP contribution in [-0.2, 0) is 0 Å². The van der Waals surface area contributed by atoms with Crippen molar-refractivity contribution >= 4 is 33.3 Å². The first-order valence-corrected chi connectivity index (χ1v) is 5.60. The molecule has 3 N–H and O–H groups in total. The number of nitrogen functional groups attached to an aromatic ring is 1. The summed E-state index contributed by atoms with van der Waals surface area (Å²) in [5.74, 6) is 0.150. The summed E-state index contributed by atoms with van der Waals surface area (Å²) in [7, 11) is 0. The molecule has 1 aromatic heterocycles. The quantitative estimate of drug-likeness (QED) is 0.831. The fourth-order valence-electron chi connectivity index (χ4n) is 1.21. The Bertz CT molecular complexity index is 524. The molecule has 1 heterocycles. The highest BCUT2D eigenvalue weighted by Crippen LogP contribution is 2.10. The molecule has 0 saturated heterocycles. The molecule has 0 atom stereocenters. The van der Waals surface area contributed by atoms with E-state index in [1.807, 2.05) is 0 Å². The van der Waals surface area contributed by atoms with Crippen LogP contribution in [0.5, 0.6) is 0 Å². The molecule has 0 radical (unpaired) electrons. The molecule has 5 nitrogen and oxygen atoms in total. The van der Waals surface area contributed by atoms with Crippen molar-refractivity contribution in [2.75, 3.05) is 11.1 Å². The Morgan fingerprint density at radius 3 is 2.41 bits per heavy atom. The predicted molar refractivity (Wildman–Crippen MR) is 68.5 cm³/mol. The lowest BCUT2D eigenvalue weighted by Crippen LogP contribution is -2.13. The van der Waals surface area contributed by atoms with Gasteiger partial charge >= 0.3 is 0 Å². The third-order valence-electron chi connectivity index (χ3n) is 2.05. The lowest BCUT2D eigenvalue weighted by Gasteiger charge is -2.03. The Morgan fingerprint density at radius 2 is 1.82 bits per heavy atom. The van der Waals surface area contributed by atoms with Crippen LogP contribution in [0.3, 0.4) is 0 Å². The summed E-state index contributed by atoms with van der Waals surface area (Å²) in [5, 5.41) is 10.2. The van der Waals surface area contributed by atoms with E-state index in [4.69, 9.17) is 5.73 Å². The average molecular weight is 293 g/mol. The monoisotopic (exact) mass is 292 g/mol. The second kappa shape index (κ2) is 4.92. The molecular weight excluding hydrogens is 284 g/mol. The van der Waals surface area contributed by atoms with Gasteiger partial charge < -0.3 is 11.1 Å². The summed E-state index contributed by atoms with van der Waals surface area (Å²) < 4.78 is 0.614. The smallest absolute Gasteiger partial charge is 0.256 e. The van der Waals surface area contributed by atoms with Gasteiger partial charge in [0, 0.05) is 11.3 Å². The first-order chi connectivity index (χ1) is 8.15. The highest BCUT2D eigenvalue weighted by Gasteiger charge is 2.06. The Hall–Kier alpha value is -1.95. The first kappa shape index (κ1) is 11.5. The van der Waals surface area contributed by atoms with Gasteiger partial charge in [0.2, 0.25) is 0 Å². The van der Waals surface area contributed by atoms with Crippen LogP contribution in [0.2, 0.25) is 0 Å². The molecule has 17 heavy (non-hydrogen) atoms. The number of benzene rings is 1. The molecule has 0 aliphatic rings. The van der Waals surface area contributed by atoms with Gasteiger partial charge in [-0.15, -0.1) is 10.2 Å². The summed E-state index contributed by atoms with van der Waals surface area (Å²) in [6.45, 7) is 0. The van der Waals surface area contributed by atoms with Crippen LogP contribution in [-0.4, -0.2) is 16.1 Å². The van der Waals surface area contributed by atoms with E-state index in [9.17, 15) is 4.79 Å². The highest BCUT2D eigenvalue weighted by molar-refractivity contribution is 9.10. The Kier molecular flexibility index (Phi) is 3.34. The Balaban J connectivity index is 2.11. The molecule has 0 unspecified atom stereocenters. The van der Waals surface area contributed by atoms with Crippen LogP contribution in [0.25, 0.3) is 0 Å². The van der Waals surface area contributed by atoms with Crippen molar-refractivity contribution in [3.05, 3.63) is 46.6 Å².